The Hall–Kier alpha value is -3.97. The van der Waals surface area contributed by atoms with Gasteiger partial charge in [0, 0.05) is 36.9 Å². The molecule has 1 fully saturated rings. The van der Waals surface area contributed by atoms with E-state index in [-0.39, 0.29) is 24.1 Å². The van der Waals surface area contributed by atoms with Crippen molar-refractivity contribution in [1.29, 1.82) is 0 Å². The Morgan fingerprint density at radius 1 is 1.00 bits per heavy atom. The number of carbonyl (C=O) groups is 2. The first-order valence-corrected chi connectivity index (χ1v) is 12.5. The van der Waals surface area contributed by atoms with Crippen LogP contribution in [0.3, 0.4) is 0 Å². The molecule has 2 amide bonds. The second kappa shape index (κ2) is 10.6. The quantitative estimate of drug-likeness (QED) is 0.456. The van der Waals surface area contributed by atoms with E-state index < -0.39 is 0 Å². The van der Waals surface area contributed by atoms with E-state index in [0.717, 1.165) is 22.6 Å². The van der Waals surface area contributed by atoms with Crippen molar-refractivity contribution in [2.45, 2.75) is 6.92 Å². The molecule has 0 aromatic heterocycles. The van der Waals surface area contributed by atoms with Crippen molar-refractivity contribution < 1.29 is 19.1 Å². The van der Waals surface area contributed by atoms with E-state index in [0.29, 0.717) is 42.6 Å². The molecule has 0 spiro atoms. The number of hydrogen-bond donors (Lipinski definition) is 0. The number of amides is 2. The minimum absolute atomic E-state index is 0.0602. The molecule has 37 heavy (non-hydrogen) atoms. The predicted molar refractivity (Wildman–Crippen MR) is 145 cm³/mol. The average Bonchev–Trinajstić information content (AvgIpc) is 2.92. The van der Waals surface area contributed by atoms with E-state index in [4.69, 9.17) is 21.1 Å². The lowest BCUT2D eigenvalue weighted by molar-refractivity contribution is -0.131. The zero-order valence-electron chi connectivity index (χ0n) is 20.8. The largest absolute Gasteiger partial charge is 0.497 e. The molecule has 0 bridgehead atoms. The molecule has 3 aromatic carbocycles. The van der Waals surface area contributed by atoms with Crippen LogP contribution in [0.1, 0.15) is 11.1 Å². The fourth-order valence-corrected chi connectivity index (χ4v) is 4.79. The number of para-hydroxylation sites is 2. The maximum Gasteiger partial charge on any atom is 0.294 e. The molecule has 5 rings (SSSR count). The predicted octanol–water partition coefficient (Wildman–Crippen LogP) is 4.77. The Morgan fingerprint density at radius 2 is 1.73 bits per heavy atom. The van der Waals surface area contributed by atoms with E-state index in [1.165, 1.54) is 4.90 Å². The highest BCUT2D eigenvalue weighted by Gasteiger charge is 2.33. The Morgan fingerprint density at radius 3 is 2.46 bits per heavy atom. The van der Waals surface area contributed by atoms with Crippen molar-refractivity contribution in [3.63, 3.8) is 0 Å². The lowest BCUT2D eigenvalue weighted by Crippen LogP contribution is -2.52. The van der Waals surface area contributed by atoms with Crippen LogP contribution in [0.25, 0.3) is 6.08 Å². The minimum Gasteiger partial charge on any atom is -0.497 e. The van der Waals surface area contributed by atoms with Crippen molar-refractivity contribution in [3.05, 3.63) is 88.6 Å². The standard InChI is InChI=1S/C29H28ClN3O4/c1-20-7-10-22(30)18-25(20)31-13-15-32(16-14-31)28(34)19-33-24-5-3-4-6-26(24)37-27(29(33)35)17-21-8-11-23(36-2)12-9-21/h3-12,17-18H,13-16,19H2,1-2H3/b27-17+. The van der Waals surface area contributed by atoms with E-state index >= 15 is 0 Å². The molecule has 2 aliphatic heterocycles. The molecule has 8 heteroatoms. The normalized spacial score (nSPS) is 16.5. The molecule has 0 aliphatic carbocycles. The Labute approximate surface area is 221 Å². The third kappa shape index (κ3) is 5.27. The summed E-state index contributed by atoms with van der Waals surface area (Å²) >= 11 is 6.21. The first-order valence-electron chi connectivity index (χ1n) is 12.2. The number of nitrogens with zero attached hydrogens (tertiary/aromatic N) is 3. The lowest BCUT2D eigenvalue weighted by Gasteiger charge is -2.38. The van der Waals surface area contributed by atoms with Crippen molar-refractivity contribution in [2.75, 3.05) is 49.6 Å². The maximum absolute atomic E-state index is 13.5. The zero-order chi connectivity index (χ0) is 25.9. The summed E-state index contributed by atoms with van der Waals surface area (Å²) in [4.78, 5) is 32.4. The molecule has 0 radical (unpaired) electrons. The highest BCUT2D eigenvalue weighted by molar-refractivity contribution is 6.30. The van der Waals surface area contributed by atoms with Gasteiger partial charge in [0.1, 0.15) is 12.3 Å². The summed E-state index contributed by atoms with van der Waals surface area (Å²) in [5, 5.41) is 0.696. The minimum atomic E-state index is -0.351. The van der Waals surface area contributed by atoms with Crippen LogP contribution in [0.2, 0.25) is 5.02 Å². The number of aryl methyl sites for hydroxylation is 1. The van der Waals surface area contributed by atoms with E-state index in [1.54, 1.807) is 25.3 Å². The van der Waals surface area contributed by atoms with Crippen LogP contribution < -0.4 is 19.3 Å². The summed E-state index contributed by atoms with van der Waals surface area (Å²) in [7, 11) is 1.60. The van der Waals surface area contributed by atoms with E-state index in [9.17, 15) is 9.59 Å². The second-order valence-corrected chi connectivity index (χ2v) is 9.48. The lowest BCUT2D eigenvalue weighted by atomic mass is 10.1. The van der Waals surface area contributed by atoms with Gasteiger partial charge in [0.25, 0.3) is 5.91 Å². The van der Waals surface area contributed by atoms with Crippen LogP contribution in [0, 0.1) is 6.92 Å². The first-order chi connectivity index (χ1) is 17.9. The fraction of sp³-hybridized carbons (Fsp3) is 0.241. The van der Waals surface area contributed by atoms with Crippen LogP contribution in [0.4, 0.5) is 11.4 Å². The average molecular weight is 518 g/mol. The highest BCUT2D eigenvalue weighted by atomic mass is 35.5. The van der Waals surface area contributed by atoms with Gasteiger partial charge in [-0.2, -0.15) is 0 Å². The number of fused-ring (bicyclic) bond motifs is 1. The van der Waals surface area contributed by atoms with Gasteiger partial charge in [0.2, 0.25) is 5.91 Å². The summed E-state index contributed by atoms with van der Waals surface area (Å²) in [6.45, 7) is 4.53. The monoisotopic (exact) mass is 517 g/mol. The van der Waals surface area contributed by atoms with Gasteiger partial charge in [0.05, 0.1) is 12.8 Å². The summed E-state index contributed by atoms with van der Waals surface area (Å²) < 4.78 is 11.2. The molecule has 0 atom stereocenters. The Balaban J connectivity index is 1.31. The Bertz CT molecular complexity index is 1350. The van der Waals surface area contributed by atoms with Gasteiger partial charge in [-0.25, -0.2) is 0 Å². The van der Waals surface area contributed by atoms with Gasteiger partial charge in [-0.05, 0) is 60.5 Å². The molecule has 2 heterocycles. The van der Waals surface area contributed by atoms with Crippen molar-refractivity contribution in [2.24, 2.45) is 0 Å². The fourth-order valence-electron chi connectivity index (χ4n) is 4.63. The van der Waals surface area contributed by atoms with Crippen molar-refractivity contribution in [1.82, 2.24) is 4.90 Å². The Kier molecular flexibility index (Phi) is 7.06. The second-order valence-electron chi connectivity index (χ2n) is 9.04. The highest BCUT2D eigenvalue weighted by Crippen LogP contribution is 2.36. The SMILES string of the molecule is COc1ccc(/C=C2/Oc3ccccc3N(CC(=O)N3CCN(c4cc(Cl)ccc4C)CC3)C2=O)cc1. The van der Waals surface area contributed by atoms with Crippen LogP contribution in [0.5, 0.6) is 11.5 Å². The molecule has 0 saturated carbocycles. The third-order valence-electron chi connectivity index (χ3n) is 6.68. The summed E-state index contributed by atoms with van der Waals surface area (Å²) in [5.74, 6) is 0.974. The first kappa shape index (κ1) is 24.7. The number of halogens is 1. The third-order valence-corrected chi connectivity index (χ3v) is 6.92. The van der Waals surface area contributed by atoms with Crippen LogP contribution >= 0.6 is 11.6 Å². The number of piperazine rings is 1. The van der Waals surface area contributed by atoms with E-state index in [1.807, 2.05) is 59.5 Å². The molecular formula is C29H28ClN3O4. The number of hydrogen-bond acceptors (Lipinski definition) is 5. The van der Waals surface area contributed by atoms with Crippen LogP contribution in [0.15, 0.2) is 72.5 Å². The molecule has 190 valence electrons. The number of rotatable bonds is 5. The molecule has 2 aliphatic rings. The van der Waals surface area contributed by atoms with Crippen molar-refractivity contribution in [3.8, 4) is 11.5 Å². The van der Waals surface area contributed by atoms with Gasteiger partial charge in [0.15, 0.2) is 11.5 Å². The number of anilines is 2. The topological polar surface area (TPSA) is 62.3 Å². The van der Waals surface area contributed by atoms with Crippen molar-refractivity contribution >= 4 is 40.9 Å². The van der Waals surface area contributed by atoms with Gasteiger partial charge in [-0.1, -0.05) is 41.9 Å². The number of benzene rings is 3. The molecule has 7 nitrogen and oxygen atoms in total. The number of methoxy groups -OCH3 is 1. The smallest absolute Gasteiger partial charge is 0.294 e. The molecule has 1 saturated heterocycles. The molecule has 3 aromatic rings. The van der Waals surface area contributed by atoms with Crippen LogP contribution in [-0.4, -0.2) is 56.5 Å². The van der Waals surface area contributed by atoms with Crippen LogP contribution in [-0.2, 0) is 9.59 Å². The van der Waals surface area contributed by atoms with Gasteiger partial charge < -0.3 is 19.3 Å². The maximum atomic E-state index is 13.5. The summed E-state index contributed by atoms with van der Waals surface area (Å²) in [6.07, 6.45) is 1.68. The number of ether oxygens (including phenoxy) is 2. The van der Waals surface area contributed by atoms with Gasteiger partial charge in [-0.3, -0.25) is 14.5 Å². The molecule has 0 unspecified atom stereocenters. The van der Waals surface area contributed by atoms with Gasteiger partial charge >= 0.3 is 0 Å². The molecular weight excluding hydrogens is 490 g/mol. The number of carbonyl (C=O) groups excluding carboxylic acids is 2. The molecule has 0 N–H and O–H groups in total. The zero-order valence-corrected chi connectivity index (χ0v) is 21.6. The summed E-state index contributed by atoms with van der Waals surface area (Å²) in [5.41, 5.74) is 3.62. The summed E-state index contributed by atoms with van der Waals surface area (Å²) in [6, 6.07) is 20.5. The van der Waals surface area contributed by atoms with E-state index in [2.05, 4.69) is 11.8 Å². The van der Waals surface area contributed by atoms with Gasteiger partial charge in [-0.15, -0.1) is 0 Å².